The second-order valence-corrected chi connectivity index (χ2v) is 29.7. The highest BCUT2D eigenvalue weighted by Crippen LogP contribution is 2.43. The van der Waals surface area contributed by atoms with Crippen molar-refractivity contribution in [3.63, 3.8) is 0 Å². The van der Waals surface area contributed by atoms with E-state index in [9.17, 15) is 44.2 Å². The van der Waals surface area contributed by atoms with E-state index in [4.69, 9.17) is 46.3 Å². The number of nitrogens with zero attached hydrogens (tertiary/aromatic N) is 2. The van der Waals surface area contributed by atoms with Crippen LogP contribution in [0.25, 0.3) is 0 Å². The zero-order chi connectivity index (χ0) is 70.1. The molecule has 19 rings (SSSR count). The largest absolute Gasteiger partial charge is 0.398 e. The lowest BCUT2D eigenvalue weighted by molar-refractivity contribution is -0.386. The zero-order valence-electron chi connectivity index (χ0n) is 57.5. The van der Waals surface area contributed by atoms with Gasteiger partial charge in [0.15, 0.2) is 23.1 Å². The average Bonchev–Trinajstić information content (AvgIpc) is 1.79. The molecular weight excluding hydrogens is 1320 g/mol. The van der Waals surface area contributed by atoms with Gasteiger partial charge in [-0.1, -0.05) is 60.7 Å². The number of alkyl halides is 2. The van der Waals surface area contributed by atoms with E-state index in [1.807, 2.05) is 24.3 Å². The third kappa shape index (κ3) is 16.1. The van der Waals surface area contributed by atoms with Crippen molar-refractivity contribution < 1.29 is 33.8 Å². The maximum absolute atomic E-state index is 11.7. The summed E-state index contributed by atoms with van der Waals surface area (Å²) in [5, 5.41) is 21.9. The molecule has 12 aliphatic rings. The number of nitro groups is 2. The molecule has 0 atom stereocenters. The molecule has 7 aromatic carbocycles. The lowest BCUT2D eigenvalue weighted by Crippen LogP contribution is -2.04. The molecule has 12 aliphatic carbocycles. The minimum absolute atomic E-state index is 0.0589. The van der Waals surface area contributed by atoms with E-state index in [2.05, 4.69) is 54.6 Å². The van der Waals surface area contributed by atoms with Crippen molar-refractivity contribution >= 4 is 85.9 Å². The molecule has 522 valence electrons. The quantitative estimate of drug-likeness (QED) is 0.0381. The van der Waals surface area contributed by atoms with Crippen LogP contribution in [0.4, 0.5) is 22.7 Å². The number of hydrogen-bond acceptors (Lipinski definition) is 11. The van der Waals surface area contributed by atoms with Gasteiger partial charge in [-0.3, -0.25) is 44.2 Å². The molecule has 0 aromatic heterocycles. The first-order chi connectivity index (χ1) is 48.5. The number of nitro benzene ring substituents is 2. The van der Waals surface area contributed by atoms with Crippen molar-refractivity contribution in [3.05, 3.63) is 238 Å². The molecule has 0 fully saturated rings. The summed E-state index contributed by atoms with van der Waals surface area (Å²) in [5.74, 6) is 1.25. The van der Waals surface area contributed by atoms with Crippen LogP contribution in [-0.2, 0) is 140 Å². The summed E-state index contributed by atoms with van der Waals surface area (Å²) in [6.45, 7) is 0. The van der Waals surface area contributed by atoms with Gasteiger partial charge in [-0.15, -0.1) is 23.2 Å². The van der Waals surface area contributed by atoms with Gasteiger partial charge >= 0.3 is 0 Å². The van der Waals surface area contributed by atoms with Gasteiger partial charge in [-0.25, -0.2) is 0 Å². The van der Waals surface area contributed by atoms with E-state index in [0.717, 1.165) is 108 Å². The Hall–Kier alpha value is -7.84. The summed E-state index contributed by atoms with van der Waals surface area (Å²) in [7, 11) is 0. The molecule has 16 heteroatoms. The molecule has 100 heavy (non-hydrogen) atoms. The Bertz CT molecular complexity index is 4240. The number of nitrogens with two attached hydrogens (primary N) is 2. The molecule has 0 saturated heterocycles. The Morgan fingerprint density at radius 1 is 0.350 bits per heavy atom. The highest BCUT2D eigenvalue weighted by atomic mass is 35.5. The Kier molecular flexibility index (Phi) is 23.7. The fourth-order valence-electron chi connectivity index (χ4n) is 17.5. The van der Waals surface area contributed by atoms with Crippen LogP contribution in [0.5, 0.6) is 0 Å². The van der Waals surface area contributed by atoms with Crippen LogP contribution in [0, 0.1) is 20.2 Å². The van der Waals surface area contributed by atoms with Gasteiger partial charge < -0.3 is 11.5 Å². The van der Waals surface area contributed by atoms with Crippen LogP contribution >= 0.6 is 34.8 Å². The molecule has 0 spiro atoms. The molecule has 0 saturated carbocycles. The van der Waals surface area contributed by atoms with E-state index >= 15 is 0 Å². The number of ketones is 4. The number of hydrogen-bond donors (Lipinski definition) is 2. The number of anilines is 2. The van der Waals surface area contributed by atoms with E-state index in [0.29, 0.717) is 66.3 Å². The molecule has 4 N–H and O–H groups in total. The highest BCUT2D eigenvalue weighted by molar-refractivity contribution is 6.63. The normalized spacial score (nSPS) is 16.8. The summed E-state index contributed by atoms with van der Waals surface area (Å²) in [4.78, 5) is 77.6. The summed E-state index contributed by atoms with van der Waals surface area (Å²) in [6.07, 6.45) is 36.0. The van der Waals surface area contributed by atoms with Crippen LogP contribution in [0.2, 0.25) is 0 Å². The monoisotopic (exact) mass is 1400 g/mol. The smallest absolute Gasteiger partial charge is 0.283 e. The number of halogens is 3. The molecule has 0 aliphatic heterocycles. The van der Waals surface area contributed by atoms with Crippen molar-refractivity contribution in [2.24, 2.45) is 0 Å². The van der Waals surface area contributed by atoms with Gasteiger partial charge in [0, 0.05) is 88.6 Å². The fraction of sp³-hybridized carbons (Fsp3) is 0.440. The molecule has 0 heterocycles. The first-order valence-electron chi connectivity index (χ1n) is 36.7. The van der Waals surface area contributed by atoms with Gasteiger partial charge in [-0.05, 0) is 323 Å². The molecule has 0 bridgehead atoms. The summed E-state index contributed by atoms with van der Waals surface area (Å²) < 4.78 is 0. The molecule has 0 unspecified atom stereocenters. The van der Waals surface area contributed by atoms with Crippen molar-refractivity contribution in [1.29, 1.82) is 0 Å². The topological polar surface area (TPSA) is 224 Å². The van der Waals surface area contributed by atoms with Crippen LogP contribution in [0.3, 0.4) is 0 Å². The molecule has 13 nitrogen and oxygen atoms in total. The van der Waals surface area contributed by atoms with Crippen molar-refractivity contribution in [2.45, 2.75) is 225 Å². The number of carbonyl (C=O) groups excluding carboxylic acids is 5. The zero-order valence-corrected chi connectivity index (χ0v) is 59.8. The number of fused-ring (bicyclic) bond motifs is 12. The van der Waals surface area contributed by atoms with Crippen LogP contribution in [-0.4, -0.2) is 50.0 Å². The maximum Gasteiger partial charge on any atom is 0.283 e. The molecule has 0 radical (unpaired) electrons. The Labute approximate surface area is 602 Å². The number of rotatable bonds is 7. The predicted molar refractivity (Wildman–Crippen MR) is 399 cm³/mol. The highest BCUT2D eigenvalue weighted by Gasteiger charge is 2.37. The lowest BCUT2D eigenvalue weighted by atomic mass is 9.99. The summed E-state index contributed by atoms with van der Waals surface area (Å²) in [6, 6.07) is 27.9. The van der Waals surface area contributed by atoms with Crippen molar-refractivity contribution in [3.8, 4) is 0 Å². The fourth-order valence-corrected chi connectivity index (χ4v) is 18.1. The summed E-state index contributed by atoms with van der Waals surface area (Å²) >= 11 is 15.5. The SMILES string of the molecule is Nc1c2c(cc3c1CCC3)CCC2.Nc1c2c(cc3c1CCC3)CCC2.O=C(CCCl)c1ccc2c(c1)CCC2.O=C(Cl)CCCl.O=C1CCc2c1cc1c(c2[N+](=O)[O-])CCC1.O=C1CCc2cc3c(c([N+](=O)[O-])c21)CCC3.O=C1CCc2cc3c(cc21)CCC3.c1ccc2c(c1)CCC2. The van der Waals surface area contributed by atoms with Gasteiger partial charge in [0.05, 0.1) is 15.4 Å². The number of benzene rings is 7. The van der Waals surface area contributed by atoms with E-state index in [-0.39, 0.29) is 50.2 Å². The molecular formula is C84H91Cl3N4O9. The number of aryl methyl sites for hydroxylation is 14. The Morgan fingerprint density at radius 2 is 0.710 bits per heavy atom. The Balaban J connectivity index is 0.000000110. The summed E-state index contributed by atoms with van der Waals surface area (Å²) in [5.41, 5.74) is 45.3. The average molecular weight is 1410 g/mol. The lowest BCUT2D eigenvalue weighted by Gasteiger charge is -2.10. The maximum atomic E-state index is 11.7. The van der Waals surface area contributed by atoms with E-state index < -0.39 is 0 Å². The van der Waals surface area contributed by atoms with Gasteiger partial charge in [0.25, 0.3) is 11.4 Å². The van der Waals surface area contributed by atoms with E-state index in [1.165, 1.54) is 201 Å². The van der Waals surface area contributed by atoms with Crippen molar-refractivity contribution in [1.82, 2.24) is 0 Å². The molecule has 0 amide bonds. The predicted octanol–water partition coefficient (Wildman–Crippen LogP) is 17.8. The molecule has 7 aromatic rings. The Morgan fingerprint density at radius 3 is 1.20 bits per heavy atom. The van der Waals surface area contributed by atoms with E-state index in [1.54, 1.807) is 11.1 Å². The van der Waals surface area contributed by atoms with Gasteiger partial charge in [0.2, 0.25) is 5.24 Å². The van der Waals surface area contributed by atoms with Crippen LogP contribution in [0.1, 0.15) is 248 Å². The number of carbonyl (C=O) groups is 5. The minimum Gasteiger partial charge on any atom is -0.398 e. The van der Waals surface area contributed by atoms with Crippen molar-refractivity contribution in [2.75, 3.05) is 23.2 Å². The van der Waals surface area contributed by atoms with Crippen LogP contribution in [0.15, 0.2) is 78.9 Å². The second-order valence-electron chi connectivity index (χ2n) is 28.6. The minimum atomic E-state index is -0.370. The number of Topliss-reactive ketones (excluding diaryl/α,β-unsaturated/α-hetero) is 4. The number of nitrogen functional groups attached to an aromatic ring is 2. The first-order valence-corrected chi connectivity index (χ1v) is 38.2. The third-order valence-corrected chi connectivity index (χ3v) is 23.0. The van der Waals surface area contributed by atoms with Gasteiger partial charge in [0.1, 0.15) is 0 Å². The van der Waals surface area contributed by atoms with Crippen LogP contribution < -0.4 is 11.5 Å². The standard InChI is InChI=1S/C12H13ClO.2C12H11NO3.2C12H15N.C12H12O.C9H10.C3H4Cl2O/c13-7-6-12(14)11-5-4-9-2-1-3-10(9)8-11;14-10-5-4-8-6-7-2-1-3-9(7)12(11(8)10)13(15)16;14-11-5-4-9-10(11)6-7-2-1-3-8(7)12(9)13(15)16;2*13-12-10-5-1-3-8(10)7-9-4-2-6-11(9)12;13-12-5-4-10-6-8-2-1-3-9(8)7-11(10)12;1-2-5-9-7-3-6-8(9)4-1;4-2-1-3(5)6/h4-5,8H,1-3,6-7H2;2*6H,1-5H2;2*7H,1-6,13H2;6-7H,1-5H2;1-2,4-5H,3,6-7H2;1-2H2. The van der Waals surface area contributed by atoms with Gasteiger partial charge in [-0.2, -0.15) is 0 Å². The first kappa shape index (κ1) is 72.0. The third-order valence-electron chi connectivity index (χ3n) is 22.4. The second kappa shape index (κ2) is 32.9.